The molecule has 89 heavy (non-hydrogen) atoms. The Balaban J connectivity index is 1.15. The SMILES string of the molecule is COc1cc2cc(c1Cl)N(C)C(=O)C[C@H](OC(=O)[C@H](C)N(C)C(=O)c1ccc(NC(=O)[C@H](CCCNC(N)=O)NC(=O)[C@@H](NC(=O)CCCCC(=O)ON3C(=O)CCC3=O)C(C)C)c(O)c1)[C@]1(C)O[C@H]1[C@H](C)[C@@H]1C[C@@](O)(NC(=O)O1)[C@H](OC)/C=C/C=C(\C)C2. The highest BCUT2D eigenvalue weighted by Crippen LogP contribution is 2.49. The van der Waals surface area contributed by atoms with Gasteiger partial charge in [-0.05, 0) is 94.7 Å². The number of amides is 10. The van der Waals surface area contributed by atoms with Crippen LogP contribution in [0.4, 0.5) is 21.0 Å². The van der Waals surface area contributed by atoms with E-state index in [0.717, 1.165) is 22.1 Å². The third-order valence-corrected chi connectivity index (χ3v) is 16.4. The first-order valence-electron chi connectivity index (χ1n) is 29.1. The molecule has 6 rings (SSSR count). The van der Waals surface area contributed by atoms with Gasteiger partial charge in [0, 0.05) is 71.3 Å². The minimum Gasteiger partial charge on any atom is -0.506 e. The van der Waals surface area contributed by atoms with E-state index in [-0.39, 0.29) is 92.0 Å². The number of ether oxygens (including phenoxy) is 5. The molecule has 2 aromatic carbocycles. The number of epoxide rings is 1. The van der Waals surface area contributed by atoms with Gasteiger partial charge in [-0.25, -0.2) is 19.2 Å². The van der Waals surface area contributed by atoms with Crippen molar-refractivity contribution in [3.05, 3.63) is 70.3 Å². The number of aliphatic hydroxyl groups is 1. The number of methoxy groups -OCH3 is 2. The Bertz CT molecular complexity index is 3110. The number of allylic oxidation sites excluding steroid dienone is 3. The highest BCUT2D eigenvalue weighted by atomic mass is 35.5. The number of rotatable bonds is 22. The first kappa shape index (κ1) is 69.8. The molecule has 0 aliphatic carbocycles. The number of nitrogens with zero attached hydrogens (tertiary/aromatic N) is 3. The van der Waals surface area contributed by atoms with Crippen molar-refractivity contribution in [2.75, 3.05) is 45.1 Å². The molecule has 10 atom stereocenters. The molecular weight excluding hydrogens is 1190 g/mol. The Morgan fingerprint density at radius 3 is 2.28 bits per heavy atom. The average molecular weight is 1270 g/mol. The zero-order chi connectivity index (χ0) is 65.8. The number of unbranched alkanes of at least 4 members (excludes halogenated alkanes) is 1. The number of nitrogens with two attached hydrogens (primary N) is 1. The van der Waals surface area contributed by atoms with Crippen LogP contribution in [0.1, 0.15) is 122 Å². The van der Waals surface area contributed by atoms with Crippen LogP contribution in [-0.2, 0) is 68.6 Å². The lowest BCUT2D eigenvalue weighted by atomic mass is 9.83. The van der Waals surface area contributed by atoms with Gasteiger partial charge in [0.1, 0.15) is 58.6 Å². The quantitative estimate of drug-likeness (QED) is 0.0274. The number of halogens is 1. The normalized spacial score (nSPS) is 24.7. The van der Waals surface area contributed by atoms with Crippen LogP contribution >= 0.6 is 11.6 Å². The number of likely N-dealkylation sites (N-methyl/N-ethyl adjacent to an activating group) is 1. The molecule has 29 heteroatoms. The summed E-state index contributed by atoms with van der Waals surface area (Å²) in [5, 5.41) is 36.4. The van der Waals surface area contributed by atoms with Crippen molar-refractivity contribution >= 4 is 88.4 Å². The number of carbonyl (C=O) groups excluding carboxylic acids is 11. The lowest BCUT2D eigenvalue weighted by Crippen LogP contribution is -2.63. The van der Waals surface area contributed by atoms with Crippen LogP contribution in [0.5, 0.6) is 11.5 Å². The summed E-state index contributed by atoms with van der Waals surface area (Å²) in [4.78, 5) is 151. The van der Waals surface area contributed by atoms with E-state index in [1.54, 1.807) is 52.0 Å². The fourth-order valence-electron chi connectivity index (χ4n) is 10.6. The monoisotopic (exact) mass is 1270 g/mol. The Morgan fingerprint density at radius 2 is 1.64 bits per heavy atom. The fraction of sp³-hybridized carbons (Fsp3) is 0.550. The maximum Gasteiger partial charge on any atom is 0.409 e. The number of aromatic hydroxyl groups is 1. The third-order valence-electron chi connectivity index (χ3n) is 16.1. The lowest BCUT2D eigenvalue weighted by Gasteiger charge is -2.42. The molecule has 28 nitrogen and oxygen atoms in total. The first-order valence-corrected chi connectivity index (χ1v) is 29.5. The second-order valence-electron chi connectivity index (χ2n) is 23.1. The van der Waals surface area contributed by atoms with Crippen LogP contribution in [0, 0.1) is 11.8 Å². The van der Waals surface area contributed by atoms with Gasteiger partial charge in [0.25, 0.3) is 17.7 Å². The van der Waals surface area contributed by atoms with Gasteiger partial charge in [-0.3, -0.25) is 38.9 Å². The van der Waals surface area contributed by atoms with Gasteiger partial charge in [0.15, 0.2) is 5.72 Å². The minimum atomic E-state index is -1.94. The van der Waals surface area contributed by atoms with Crippen LogP contribution < -0.4 is 42.0 Å². The number of benzene rings is 2. The van der Waals surface area contributed by atoms with Crippen molar-refractivity contribution in [1.82, 2.24) is 31.2 Å². The topological polar surface area (TPSA) is 383 Å². The van der Waals surface area contributed by atoms with Crippen molar-refractivity contribution in [2.45, 2.75) is 166 Å². The molecule has 0 unspecified atom stereocenters. The van der Waals surface area contributed by atoms with Gasteiger partial charge in [-0.15, -0.1) is 5.06 Å². The number of hydrogen-bond acceptors (Lipinski definition) is 19. The molecule has 10 amide bonds. The molecule has 0 saturated carbocycles. The Kier molecular flexibility index (Phi) is 23.7. The second-order valence-corrected chi connectivity index (χ2v) is 23.5. The molecule has 486 valence electrons. The third kappa shape index (κ3) is 17.7. The number of esters is 1. The average Bonchev–Trinajstić information content (AvgIpc) is 1.63. The Labute approximate surface area is 519 Å². The molecule has 9 N–H and O–H groups in total. The van der Waals surface area contributed by atoms with Crippen LogP contribution in [0.2, 0.25) is 5.02 Å². The number of fused-ring (bicyclic) bond motifs is 5. The van der Waals surface area contributed by atoms with E-state index in [9.17, 15) is 63.0 Å². The van der Waals surface area contributed by atoms with E-state index in [2.05, 4.69) is 26.6 Å². The van der Waals surface area contributed by atoms with Crippen molar-refractivity contribution in [1.29, 1.82) is 0 Å². The molecular formula is C60H80ClN9O19. The maximum atomic E-state index is 14.5. The molecule has 3 fully saturated rings. The summed E-state index contributed by atoms with van der Waals surface area (Å²) in [6.07, 6.45) is -0.341. The van der Waals surface area contributed by atoms with Crippen molar-refractivity contribution in [3.8, 4) is 11.5 Å². The van der Waals surface area contributed by atoms with E-state index < -0.39 is 143 Å². The summed E-state index contributed by atoms with van der Waals surface area (Å²) >= 11 is 6.84. The number of anilines is 2. The maximum absolute atomic E-state index is 14.5. The summed E-state index contributed by atoms with van der Waals surface area (Å²) in [5.41, 5.74) is 3.39. The molecule has 0 spiro atoms. The van der Waals surface area contributed by atoms with E-state index in [1.165, 1.54) is 52.3 Å². The molecule has 3 saturated heterocycles. The van der Waals surface area contributed by atoms with E-state index in [1.807, 2.05) is 13.0 Å². The molecule has 0 aromatic heterocycles. The van der Waals surface area contributed by atoms with Crippen molar-refractivity contribution < 1.29 is 91.5 Å². The first-order chi connectivity index (χ1) is 41.9. The van der Waals surface area contributed by atoms with Crippen molar-refractivity contribution in [3.63, 3.8) is 0 Å². The molecule has 4 aliphatic heterocycles. The number of alkyl carbamates (subject to hydrolysis) is 1. The smallest absolute Gasteiger partial charge is 0.409 e. The standard InChI is InChI=1S/C60H80ClN9O19/c1-31(2)51(66-45(72)18-11-12-19-49(76)89-70-46(73)22-23-47(70)74)54(78)65-38(16-14-24-63-57(62)81)53(77)64-37-21-20-36(28-40(37)71)55(79)68(7)34(5)56(80)87-44-29-48(75)69(8)39-26-35(27-41(84-9)50(39)61)25-32(3)15-13-17-43(85-10)60(83)30-42(86-58(82)67-60)33(4)52-59(44,6)88-52/h13,15,17,20-21,26-28,31,33-34,38,42-44,51-52,71,83H,11-12,14,16,18-19,22-25,29-30H2,1-10H3,(H,64,77)(H,65,78)(H,66,72)(H,67,82)(H3,62,63,81)/b17-13+,32-15+/t33-,34+,38+,42+,43-,44+,51+,52+,59+,60+/m1/s1. The van der Waals surface area contributed by atoms with Gasteiger partial charge in [0.05, 0.1) is 31.0 Å². The number of imide groups is 1. The van der Waals surface area contributed by atoms with Gasteiger partial charge in [-0.2, -0.15) is 0 Å². The number of hydroxylamine groups is 2. The number of phenols is 1. The largest absolute Gasteiger partial charge is 0.506 e. The number of hydrogen-bond donors (Lipinski definition) is 8. The summed E-state index contributed by atoms with van der Waals surface area (Å²) in [6.45, 7) is 9.92. The molecule has 4 heterocycles. The number of phenolic OH excluding ortho intramolecular Hbond substituents is 1. The predicted molar refractivity (Wildman–Crippen MR) is 318 cm³/mol. The molecule has 4 bridgehead atoms. The van der Waals surface area contributed by atoms with Crippen LogP contribution in [-0.4, -0.2) is 174 Å². The number of carbonyl (C=O) groups is 11. The minimum absolute atomic E-state index is 0.0117. The van der Waals surface area contributed by atoms with Crippen LogP contribution in [0.25, 0.3) is 0 Å². The van der Waals surface area contributed by atoms with E-state index in [0.29, 0.717) is 11.5 Å². The molecule has 0 radical (unpaired) electrons. The van der Waals surface area contributed by atoms with Gasteiger partial charge in [0.2, 0.25) is 23.6 Å². The summed E-state index contributed by atoms with van der Waals surface area (Å²) in [6, 6.07) is 2.30. The summed E-state index contributed by atoms with van der Waals surface area (Å²) in [5.74, 6) is -8.04. The predicted octanol–water partition coefficient (Wildman–Crippen LogP) is 3.71. The van der Waals surface area contributed by atoms with E-state index >= 15 is 0 Å². The number of primary amides is 1. The van der Waals surface area contributed by atoms with Gasteiger partial charge >= 0.3 is 24.1 Å². The van der Waals surface area contributed by atoms with Crippen LogP contribution in [0.15, 0.2) is 54.1 Å². The van der Waals surface area contributed by atoms with Crippen molar-refractivity contribution in [2.24, 2.45) is 17.6 Å². The van der Waals surface area contributed by atoms with Gasteiger partial charge in [-0.1, -0.05) is 56.2 Å². The zero-order valence-corrected chi connectivity index (χ0v) is 52.2. The molecule has 4 aliphatic rings. The summed E-state index contributed by atoms with van der Waals surface area (Å²) < 4.78 is 29.5. The highest BCUT2D eigenvalue weighted by Gasteiger charge is 2.64. The van der Waals surface area contributed by atoms with E-state index in [4.69, 9.17) is 45.9 Å². The number of urea groups is 1. The lowest BCUT2D eigenvalue weighted by molar-refractivity contribution is -0.197. The molecule has 2 aromatic rings. The number of nitrogens with one attached hydrogen (secondary N) is 5. The Hall–Kier alpha value is -8.34. The van der Waals surface area contributed by atoms with Gasteiger partial charge < -0.3 is 75.5 Å². The second kappa shape index (κ2) is 30.2. The summed E-state index contributed by atoms with van der Waals surface area (Å²) in [7, 11) is 5.62. The highest BCUT2D eigenvalue weighted by molar-refractivity contribution is 6.35. The Morgan fingerprint density at radius 1 is 0.955 bits per heavy atom. The fourth-order valence-corrected chi connectivity index (χ4v) is 10.9. The van der Waals surface area contributed by atoms with Crippen LogP contribution in [0.3, 0.4) is 0 Å². The zero-order valence-electron chi connectivity index (χ0n) is 51.4.